The Morgan fingerprint density at radius 3 is 2.54 bits per heavy atom. The molecular weight excluding hydrogens is 469 g/mol. The average Bonchev–Trinajstić information content (AvgIpc) is 3.54. The van der Waals surface area contributed by atoms with Crippen LogP contribution in [0.1, 0.15) is 27.0 Å². The van der Waals surface area contributed by atoms with Gasteiger partial charge in [0.2, 0.25) is 11.7 Å². The molecule has 35 heavy (non-hydrogen) atoms. The van der Waals surface area contributed by atoms with Gasteiger partial charge in [-0.15, -0.1) is 11.3 Å². The largest absolute Gasteiger partial charge is 0.486 e. The number of thiazole rings is 1. The van der Waals surface area contributed by atoms with Crippen molar-refractivity contribution in [3.63, 3.8) is 0 Å². The Hall–Kier alpha value is -3.63. The maximum Gasteiger partial charge on any atom is 0.273 e. The Balaban J connectivity index is 1.11. The zero-order valence-corrected chi connectivity index (χ0v) is 20.0. The minimum Gasteiger partial charge on any atom is -0.486 e. The Labute approximate surface area is 206 Å². The molecule has 1 aliphatic heterocycles. The number of rotatable bonds is 7. The van der Waals surface area contributed by atoms with Crippen molar-refractivity contribution in [1.82, 2.24) is 24.9 Å². The summed E-state index contributed by atoms with van der Waals surface area (Å²) < 4.78 is 24.1. The van der Waals surface area contributed by atoms with E-state index in [0.29, 0.717) is 60.9 Å². The van der Waals surface area contributed by atoms with Crippen LogP contribution in [-0.4, -0.2) is 57.0 Å². The van der Waals surface area contributed by atoms with E-state index in [-0.39, 0.29) is 18.3 Å². The Bertz CT molecular complexity index is 1280. The zero-order valence-electron chi connectivity index (χ0n) is 19.2. The van der Waals surface area contributed by atoms with Crippen LogP contribution in [0.5, 0.6) is 5.75 Å². The predicted octanol–water partition coefficient (Wildman–Crippen LogP) is 4.18. The number of nitrogens with zero attached hydrogens (tertiary/aromatic N) is 5. The lowest BCUT2D eigenvalue weighted by molar-refractivity contribution is 0.0610. The molecule has 0 atom stereocenters. The summed E-state index contributed by atoms with van der Waals surface area (Å²) in [4.78, 5) is 25.8. The van der Waals surface area contributed by atoms with Crippen molar-refractivity contribution >= 4 is 17.2 Å². The van der Waals surface area contributed by atoms with Crippen LogP contribution in [0.3, 0.4) is 0 Å². The highest BCUT2D eigenvalue weighted by atomic mass is 32.1. The number of hydrogen-bond donors (Lipinski definition) is 0. The standard InChI is InChI=1S/C25H24FN5O3S/c1-17-2-4-18(5-3-17)24-28-22(34-29-24)14-30-10-12-31(13-11-30)25(32)21-16-35-23(27-21)15-33-20-8-6-19(26)7-9-20/h2-9,16H,10-15H2,1H3. The molecule has 1 saturated heterocycles. The van der Waals surface area contributed by atoms with Crippen molar-refractivity contribution in [1.29, 1.82) is 0 Å². The van der Waals surface area contributed by atoms with Crippen molar-refractivity contribution in [2.24, 2.45) is 0 Å². The van der Waals surface area contributed by atoms with Gasteiger partial charge in [0.15, 0.2) is 0 Å². The lowest BCUT2D eigenvalue weighted by Crippen LogP contribution is -2.48. The normalized spacial score (nSPS) is 14.3. The third kappa shape index (κ3) is 5.72. The number of aryl methyl sites for hydroxylation is 1. The van der Waals surface area contributed by atoms with E-state index in [1.165, 1.54) is 29.0 Å². The van der Waals surface area contributed by atoms with Crippen molar-refractivity contribution in [2.75, 3.05) is 26.2 Å². The van der Waals surface area contributed by atoms with Crippen LogP contribution in [0.2, 0.25) is 0 Å². The fraction of sp³-hybridized carbons (Fsp3) is 0.280. The number of halogens is 1. The molecule has 5 rings (SSSR count). The Morgan fingerprint density at radius 2 is 1.80 bits per heavy atom. The minimum absolute atomic E-state index is 0.0895. The summed E-state index contributed by atoms with van der Waals surface area (Å²) in [6.45, 7) is 5.41. The topological polar surface area (TPSA) is 84.6 Å². The average molecular weight is 494 g/mol. The van der Waals surface area contributed by atoms with E-state index in [4.69, 9.17) is 9.26 Å². The molecule has 180 valence electrons. The van der Waals surface area contributed by atoms with Crippen LogP contribution in [-0.2, 0) is 13.2 Å². The molecular formula is C25H24FN5O3S. The summed E-state index contributed by atoms with van der Waals surface area (Å²) in [5, 5.41) is 6.54. The SMILES string of the molecule is Cc1ccc(-c2noc(CN3CCN(C(=O)c4csc(COc5ccc(F)cc5)n4)CC3)n2)cc1. The fourth-order valence-corrected chi connectivity index (χ4v) is 4.43. The van der Waals surface area contributed by atoms with Crippen LogP contribution in [0.25, 0.3) is 11.4 Å². The number of carbonyl (C=O) groups excluding carboxylic acids is 1. The summed E-state index contributed by atoms with van der Waals surface area (Å²) in [5.41, 5.74) is 2.52. The monoisotopic (exact) mass is 493 g/mol. The molecule has 0 N–H and O–H groups in total. The first-order valence-corrected chi connectivity index (χ1v) is 12.2. The van der Waals surface area contributed by atoms with Crippen molar-refractivity contribution < 1.29 is 18.4 Å². The second kappa shape index (κ2) is 10.3. The smallest absolute Gasteiger partial charge is 0.273 e. The molecule has 8 nitrogen and oxygen atoms in total. The van der Waals surface area contributed by atoms with Gasteiger partial charge in [0.25, 0.3) is 5.91 Å². The third-order valence-electron chi connectivity index (χ3n) is 5.74. The van der Waals surface area contributed by atoms with Crippen molar-refractivity contribution in [2.45, 2.75) is 20.1 Å². The predicted molar refractivity (Wildman–Crippen MR) is 128 cm³/mol. The summed E-state index contributed by atoms with van der Waals surface area (Å²) in [6, 6.07) is 13.8. The molecule has 2 aromatic heterocycles. The van der Waals surface area contributed by atoms with E-state index in [1.807, 2.05) is 36.1 Å². The van der Waals surface area contributed by atoms with Crippen LogP contribution >= 0.6 is 11.3 Å². The second-order valence-electron chi connectivity index (χ2n) is 8.32. The molecule has 4 aromatic rings. The second-order valence-corrected chi connectivity index (χ2v) is 9.26. The van der Waals surface area contributed by atoms with Gasteiger partial charge in [-0.25, -0.2) is 9.37 Å². The van der Waals surface area contributed by atoms with E-state index >= 15 is 0 Å². The zero-order chi connectivity index (χ0) is 24.2. The Kier molecular flexibility index (Phi) is 6.82. The maximum atomic E-state index is 13.0. The first kappa shape index (κ1) is 23.1. The van der Waals surface area contributed by atoms with E-state index in [0.717, 1.165) is 5.56 Å². The number of piperazine rings is 1. The van der Waals surface area contributed by atoms with Gasteiger partial charge in [0, 0.05) is 37.1 Å². The lowest BCUT2D eigenvalue weighted by atomic mass is 10.1. The molecule has 1 amide bonds. The molecule has 0 radical (unpaired) electrons. The van der Waals surface area contributed by atoms with E-state index in [9.17, 15) is 9.18 Å². The number of aromatic nitrogens is 3. The maximum absolute atomic E-state index is 13.0. The molecule has 2 aromatic carbocycles. The molecule has 10 heteroatoms. The van der Waals surface area contributed by atoms with Gasteiger partial charge in [-0.1, -0.05) is 35.0 Å². The molecule has 0 spiro atoms. The number of amides is 1. The summed E-state index contributed by atoms with van der Waals surface area (Å²) >= 11 is 1.37. The molecule has 0 unspecified atom stereocenters. The summed E-state index contributed by atoms with van der Waals surface area (Å²) in [7, 11) is 0. The minimum atomic E-state index is -0.316. The fourth-order valence-electron chi connectivity index (χ4n) is 3.75. The van der Waals surface area contributed by atoms with Gasteiger partial charge in [-0.05, 0) is 31.2 Å². The highest BCUT2D eigenvalue weighted by molar-refractivity contribution is 7.09. The van der Waals surface area contributed by atoms with Crippen LogP contribution in [0.15, 0.2) is 58.4 Å². The van der Waals surface area contributed by atoms with Gasteiger partial charge in [0.1, 0.15) is 28.9 Å². The highest BCUT2D eigenvalue weighted by Gasteiger charge is 2.25. The van der Waals surface area contributed by atoms with Crippen LogP contribution < -0.4 is 4.74 Å². The van der Waals surface area contributed by atoms with Gasteiger partial charge < -0.3 is 14.2 Å². The van der Waals surface area contributed by atoms with E-state index < -0.39 is 0 Å². The number of ether oxygens (including phenoxy) is 1. The van der Waals surface area contributed by atoms with Crippen molar-refractivity contribution in [3.8, 4) is 17.1 Å². The highest BCUT2D eigenvalue weighted by Crippen LogP contribution is 2.19. The van der Waals surface area contributed by atoms with Gasteiger partial charge in [-0.3, -0.25) is 9.69 Å². The van der Waals surface area contributed by atoms with Gasteiger partial charge in [-0.2, -0.15) is 4.98 Å². The molecule has 0 saturated carbocycles. The first-order chi connectivity index (χ1) is 17.0. The summed E-state index contributed by atoms with van der Waals surface area (Å²) in [5.74, 6) is 1.29. The molecule has 0 bridgehead atoms. The van der Waals surface area contributed by atoms with Crippen LogP contribution in [0.4, 0.5) is 4.39 Å². The van der Waals surface area contributed by atoms with Gasteiger partial charge >= 0.3 is 0 Å². The van der Waals surface area contributed by atoms with Crippen molar-refractivity contribution in [3.05, 3.63) is 81.9 Å². The number of carbonyl (C=O) groups is 1. The molecule has 3 heterocycles. The Morgan fingerprint density at radius 1 is 1.06 bits per heavy atom. The molecule has 1 fully saturated rings. The number of benzene rings is 2. The molecule has 0 aliphatic carbocycles. The summed E-state index contributed by atoms with van der Waals surface area (Å²) in [6.07, 6.45) is 0. The first-order valence-electron chi connectivity index (χ1n) is 11.3. The van der Waals surface area contributed by atoms with E-state index in [2.05, 4.69) is 20.0 Å². The third-order valence-corrected chi connectivity index (χ3v) is 6.57. The van der Waals surface area contributed by atoms with E-state index in [1.54, 1.807) is 17.5 Å². The van der Waals surface area contributed by atoms with Crippen LogP contribution in [0, 0.1) is 12.7 Å². The number of hydrogen-bond acceptors (Lipinski definition) is 8. The molecule has 1 aliphatic rings. The van der Waals surface area contributed by atoms with Gasteiger partial charge in [0.05, 0.1) is 6.54 Å². The quantitative estimate of drug-likeness (QED) is 0.382. The lowest BCUT2D eigenvalue weighted by Gasteiger charge is -2.33.